The highest BCUT2D eigenvalue weighted by atomic mass is 16.5. The van der Waals surface area contributed by atoms with Gasteiger partial charge in [0.2, 0.25) is 0 Å². The lowest BCUT2D eigenvalue weighted by Gasteiger charge is -2.00. The number of hydrogen-bond donors (Lipinski definition) is 2. The van der Waals surface area contributed by atoms with Crippen LogP contribution in [0.25, 0.3) is 16.8 Å². The minimum Gasteiger partial charge on any atom is -0.462 e. The van der Waals surface area contributed by atoms with E-state index in [2.05, 4.69) is 20.3 Å². The molecule has 10 heteroatoms. The molecule has 10 nitrogen and oxygen atoms in total. The van der Waals surface area contributed by atoms with Crippen LogP contribution in [0.15, 0.2) is 15.8 Å². The summed E-state index contributed by atoms with van der Waals surface area (Å²) in [6.07, 6.45) is 1.24. The third-order valence-electron chi connectivity index (χ3n) is 2.59. The van der Waals surface area contributed by atoms with Gasteiger partial charge in [0.05, 0.1) is 12.8 Å². The summed E-state index contributed by atoms with van der Waals surface area (Å²) in [5, 5.41) is 11.4. The van der Waals surface area contributed by atoms with E-state index in [0.717, 1.165) is 4.52 Å². The van der Waals surface area contributed by atoms with Crippen LogP contribution in [-0.2, 0) is 4.74 Å². The van der Waals surface area contributed by atoms with Crippen molar-refractivity contribution in [3.8, 4) is 0 Å². The van der Waals surface area contributed by atoms with Gasteiger partial charge in [0.25, 0.3) is 5.56 Å². The number of nitrogens with zero attached hydrogens (tertiary/aromatic N) is 4. The van der Waals surface area contributed by atoms with Gasteiger partial charge < -0.3 is 4.74 Å². The zero-order chi connectivity index (χ0) is 14.3. The van der Waals surface area contributed by atoms with Crippen LogP contribution in [0, 0.1) is 0 Å². The van der Waals surface area contributed by atoms with E-state index in [1.165, 1.54) is 6.20 Å². The zero-order valence-corrected chi connectivity index (χ0v) is 10.2. The maximum atomic E-state index is 11.7. The lowest BCUT2D eigenvalue weighted by molar-refractivity contribution is 0.0528. The first-order valence-corrected chi connectivity index (χ1v) is 5.65. The number of carbonyl (C=O) groups excluding carboxylic acids is 1. The molecular formula is C10H8N6O4. The smallest absolute Gasteiger partial charge is 0.343 e. The van der Waals surface area contributed by atoms with Crippen LogP contribution >= 0.6 is 0 Å². The van der Waals surface area contributed by atoms with Gasteiger partial charge in [-0.3, -0.25) is 14.8 Å². The van der Waals surface area contributed by atoms with Gasteiger partial charge in [-0.15, -0.1) is 10.2 Å². The Bertz CT molecular complexity index is 936. The molecule has 0 aromatic carbocycles. The van der Waals surface area contributed by atoms with Crippen LogP contribution in [0.4, 0.5) is 0 Å². The van der Waals surface area contributed by atoms with E-state index in [-0.39, 0.29) is 29.0 Å². The van der Waals surface area contributed by atoms with Crippen molar-refractivity contribution in [1.29, 1.82) is 0 Å². The number of ether oxygens (including phenoxy) is 1. The van der Waals surface area contributed by atoms with Crippen LogP contribution in [0.5, 0.6) is 0 Å². The van der Waals surface area contributed by atoms with Gasteiger partial charge in [0.15, 0.2) is 16.8 Å². The summed E-state index contributed by atoms with van der Waals surface area (Å²) in [4.78, 5) is 39.0. The van der Waals surface area contributed by atoms with E-state index in [9.17, 15) is 14.4 Å². The Morgan fingerprint density at radius 1 is 1.35 bits per heavy atom. The number of H-pyrrole nitrogens is 2. The maximum absolute atomic E-state index is 11.7. The maximum Gasteiger partial charge on any atom is 0.343 e. The molecule has 0 spiro atoms. The van der Waals surface area contributed by atoms with Gasteiger partial charge in [-0.25, -0.2) is 9.59 Å². The number of aromatic amines is 2. The fourth-order valence-corrected chi connectivity index (χ4v) is 1.77. The third-order valence-corrected chi connectivity index (χ3v) is 2.59. The summed E-state index contributed by atoms with van der Waals surface area (Å²) in [5.74, 6) is -0.608. The molecule has 3 aromatic heterocycles. The molecule has 0 fully saturated rings. The molecular weight excluding hydrogens is 268 g/mol. The Labute approximate surface area is 109 Å². The number of aromatic nitrogens is 6. The minimum atomic E-state index is -0.704. The monoisotopic (exact) mass is 276 g/mol. The van der Waals surface area contributed by atoms with Crippen molar-refractivity contribution in [2.45, 2.75) is 6.92 Å². The average molecular weight is 276 g/mol. The zero-order valence-electron chi connectivity index (χ0n) is 10.2. The number of nitrogens with one attached hydrogen (secondary N) is 2. The summed E-state index contributed by atoms with van der Waals surface area (Å²) < 4.78 is 6.01. The average Bonchev–Trinajstić information content (AvgIpc) is 2.83. The number of fused-ring (bicyclic) bond motifs is 3. The van der Waals surface area contributed by atoms with Crippen LogP contribution in [0.1, 0.15) is 17.3 Å². The van der Waals surface area contributed by atoms with Crippen molar-refractivity contribution in [2.75, 3.05) is 6.61 Å². The van der Waals surface area contributed by atoms with Crippen molar-refractivity contribution < 1.29 is 9.53 Å². The highest BCUT2D eigenvalue weighted by Gasteiger charge is 2.18. The highest BCUT2D eigenvalue weighted by molar-refractivity contribution is 5.96. The number of hydrogen-bond acceptors (Lipinski definition) is 7. The van der Waals surface area contributed by atoms with Gasteiger partial charge in [0, 0.05) is 0 Å². The molecule has 0 aliphatic carbocycles. The quantitative estimate of drug-likeness (QED) is 0.563. The second kappa shape index (κ2) is 4.26. The Morgan fingerprint density at radius 3 is 2.90 bits per heavy atom. The fraction of sp³-hybridized carbons (Fsp3) is 0.200. The Morgan fingerprint density at radius 2 is 2.15 bits per heavy atom. The fourth-order valence-electron chi connectivity index (χ4n) is 1.77. The van der Waals surface area contributed by atoms with Crippen LogP contribution < -0.4 is 11.2 Å². The molecule has 0 atom stereocenters. The Balaban J connectivity index is 2.37. The van der Waals surface area contributed by atoms with Crippen molar-refractivity contribution in [3.05, 3.63) is 32.6 Å². The molecule has 0 aliphatic heterocycles. The van der Waals surface area contributed by atoms with E-state index in [0.29, 0.717) is 0 Å². The second-order valence-corrected chi connectivity index (χ2v) is 3.82. The predicted octanol–water partition coefficient (Wildman–Crippen LogP) is -1.17. The van der Waals surface area contributed by atoms with Crippen LogP contribution in [0.2, 0.25) is 0 Å². The van der Waals surface area contributed by atoms with Gasteiger partial charge in [-0.2, -0.15) is 9.61 Å². The number of rotatable bonds is 2. The Hall–Kier alpha value is -3.04. The molecule has 3 aromatic rings. The van der Waals surface area contributed by atoms with Crippen molar-refractivity contribution in [2.24, 2.45) is 0 Å². The van der Waals surface area contributed by atoms with E-state index in [1.807, 2.05) is 4.98 Å². The predicted molar refractivity (Wildman–Crippen MR) is 65.5 cm³/mol. The largest absolute Gasteiger partial charge is 0.462 e. The molecule has 0 aliphatic rings. The molecule has 0 saturated carbocycles. The van der Waals surface area contributed by atoms with Gasteiger partial charge >= 0.3 is 11.7 Å². The van der Waals surface area contributed by atoms with Gasteiger partial charge in [0.1, 0.15) is 5.56 Å². The summed E-state index contributed by atoms with van der Waals surface area (Å²) in [5.41, 5.74) is -1.23. The normalized spacial score (nSPS) is 11.1. The van der Waals surface area contributed by atoms with E-state index < -0.39 is 17.2 Å². The number of esters is 1. The first-order valence-electron chi connectivity index (χ1n) is 5.65. The first-order chi connectivity index (χ1) is 9.61. The molecule has 0 bridgehead atoms. The topological polar surface area (TPSA) is 135 Å². The standard InChI is InChI=1S/C10H8N6O4/c1-2-20-9(18)4-3-11-16-6(4)15-14-5-7(16)12-10(19)13-8(5)17/h3H,2H2,1H3,(H2,12,13,17,19). The van der Waals surface area contributed by atoms with E-state index in [1.54, 1.807) is 6.92 Å². The first kappa shape index (κ1) is 12.0. The van der Waals surface area contributed by atoms with Crippen LogP contribution in [-0.4, -0.2) is 42.4 Å². The molecule has 3 heterocycles. The molecule has 0 saturated heterocycles. The molecule has 20 heavy (non-hydrogen) atoms. The minimum absolute atomic E-state index is 0.0549. The van der Waals surface area contributed by atoms with E-state index in [4.69, 9.17) is 4.74 Å². The SMILES string of the molecule is CCOC(=O)c1cnn2c1nnc1c(=O)[nH]c(=O)[nH]c12. The molecule has 0 amide bonds. The van der Waals surface area contributed by atoms with Gasteiger partial charge in [-0.1, -0.05) is 0 Å². The second-order valence-electron chi connectivity index (χ2n) is 3.82. The molecule has 2 N–H and O–H groups in total. The van der Waals surface area contributed by atoms with Gasteiger partial charge in [-0.05, 0) is 6.92 Å². The van der Waals surface area contributed by atoms with E-state index >= 15 is 0 Å². The van der Waals surface area contributed by atoms with Crippen molar-refractivity contribution >= 4 is 22.8 Å². The summed E-state index contributed by atoms with van der Waals surface area (Å²) >= 11 is 0. The highest BCUT2D eigenvalue weighted by Crippen LogP contribution is 2.11. The number of carbonyl (C=O) groups is 1. The molecule has 102 valence electrons. The van der Waals surface area contributed by atoms with Crippen LogP contribution in [0.3, 0.4) is 0 Å². The molecule has 0 radical (unpaired) electrons. The van der Waals surface area contributed by atoms with Crippen molar-refractivity contribution in [3.63, 3.8) is 0 Å². The lowest BCUT2D eigenvalue weighted by Crippen LogP contribution is -2.24. The summed E-state index contributed by atoms with van der Waals surface area (Å²) in [6, 6.07) is 0. The molecule has 3 rings (SSSR count). The summed E-state index contributed by atoms with van der Waals surface area (Å²) in [7, 11) is 0. The molecule has 0 unspecified atom stereocenters. The Kier molecular flexibility index (Phi) is 2.56. The summed E-state index contributed by atoms with van der Waals surface area (Å²) in [6.45, 7) is 1.87. The lowest BCUT2D eigenvalue weighted by atomic mass is 10.3. The van der Waals surface area contributed by atoms with Crippen molar-refractivity contribution in [1.82, 2.24) is 29.8 Å². The third kappa shape index (κ3) is 1.66.